The standard InChI is InChI=1S/C14H22N2O/c1-11(2)16(9-5-8-15)14(17)13-7-4-6-12(3)10-13/h4,6-7,10-11H,5,8-9,15H2,1-3H3. The fraction of sp³-hybridized carbons (Fsp3) is 0.500. The molecule has 0 fully saturated rings. The van der Waals surface area contributed by atoms with Crippen LogP contribution in [0.15, 0.2) is 24.3 Å². The van der Waals surface area contributed by atoms with Crippen LogP contribution < -0.4 is 5.73 Å². The van der Waals surface area contributed by atoms with Gasteiger partial charge in [0.1, 0.15) is 0 Å². The van der Waals surface area contributed by atoms with Gasteiger partial charge in [0.05, 0.1) is 0 Å². The van der Waals surface area contributed by atoms with Crippen LogP contribution in [0.5, 0.6) is 0 Å². The van der Waals surface area contributed by atoms with Crippen LogP contribution in [0, 0.1) is 6.92 Å². The molecule has 0 bridgehead atoms. The van der Waals surface area contributed by atoms with Gasteiger partial charge in [-0.25, -0.2) is 0 Å². The molecule has 1 aromatic carbocycles. The van der Waals surface area contributed by atoms with Crippen molar-refractivity contribution < 1.29 is 4.79 Å². The molecule has 2 N–H and O–H groups in total. The van der Waals surface area contributed by atoms with Gasteiger partial charge >= 0.3 is 0 Å². The van der Waals surface area contributed by atoms with E-state index in [-0.39, 0.29) is 11.9 Å². The average molecular weight is 234 g/mol. The van der Waals surface area contributed by atoms with Crippen LogP contribution >= 0.6 is 0 Å². The summed E-state index contributed by atoms with van der Waals surface area (Å²) in [5.41, 5.74) is 7.37. The molecule has 0 atom stereocenters. The predicted molar refractivity (Wildman–Crippen MR) is 71.0 cm³/mol. The summed E-state index contributed by atoms with van der Waals surface area (Å²) in [5, 5.41) is 0. The van der Waals surface area contributed by atoms with Crippen LogP contribution in [0.2, 0.25) is 0 Å². The van der Waals surface area contributed by atoms with Crippen molar-refractivity contribution in [3.63, 3.8) is 0 Å². The van der Waals surface area contributed by atoms with E-state index in [1.54, 1.807) is 0 Å². The molecule has 0 aliphatic carbocycles. The first kappa shape index (κ1) is 13.7. The molecule has 0 unspecified atom stereocenters. The zero-order valence-corrected chi connectivity index (χ0v) is 10.9. The SMILES string of the molecule is Cc1cccc(C(=O)N(CCCN)C(C)C)c1. The van der Waals surface area contributed by atoms with Crippen molar-refractivity contribution in [2.45, 2.75) is 33.2 Å². The number of carbonyl (C=O) groups excluding carboxylic acids is 1. The van der Waals surface area contributed by atoms with Gasteiger partial charge in [-0.05, 0) is 45.9 Å². The number of rotatable bonds is 5. The third-order valence-corrected chi connectivity index (χ3v) is 2.75. The van der Waals surface area contributed by atoms with Gasteiger partial charge in [-0.15, -0.1) is 0 Å². The number of benzene rings is 1. The first-order chi connectivity index (χ1) is 8.06. The van der Waals surface area contributed by atoms with E-state index in [0.717, 1.165) is 24.1 Å². The summed E-state index contributed by atoms with van der Waals surface area (Å²) in [6.45, 7) is 7.40. The van der Waals surface area contributed by atoms with Crippen molar-refractivity contribution in [3.05, 3.63) is 35.4 Å². The Labute approximate surface area is 104 Å². The lowest BCUT2D eigenvalue weighted by Crippen LogP contribution is -2.38. The Bertz CT molecular complexity index is 374. The largest absolute Gasteiger partial charge is 0.336 e. The summed E-state index contributed by atoms with van der Waals surface area (Å²) in [6.07, 6.45) is 0.843. The highest BCUT2D eigenvalue weighted by molar-refractivity contribution is 5.94. The van der Waals surface area contributed by atoms with Gasteiger partial charge in [0.15, 0.2) is 0 Å². The Hall–Kier alpha value is -1.35. The molecule has 0 spiro atoms. The van der Waals surface area contributed by atoms with E-state index in [2.05, 4.69) is 0 Å². The van der Waals surface area contributed by atoms with Gasteiger partial charge in [-0.3, -0.25) is 4.79 Å². The molecule has 3 nitrogen and oxygen atoms in total. The van der Waals surface area contributed by atoms with Gasteiger partial charge in [-0.2, -0.15) is 0 Å². The molecular formula is C14H22N2O. The van der Waals surface area contributed by atoms with Gasteiger partial charge in [0, 0.05) is 18.2 Å². The topological polar surface area (TPSA) is 46.3 Å². The predicted octanol–water partition coefficient (Wildman–Crippen LogP) is 2.19. The molecule has 0 saturated heterocycles. The lowest BCUT2D eigenvalue weighted by Gasteiger charge is -2.26. The Morgan fingerprint density at radius 3 is 2.65 bits per heavy atom. The molecule has 1 amide bonds. The summed E-state index contributed by atoms with van der Waals surface area (Å²) in [5.74, 6) is 0.0946. The minimum Gasteiger partial charge on any atom is -0.336 e. The monoisotopic (exact) mass is 234 g/mol. The summed E-state index contributed by atoms with van der Waals surface area (Å²) in [4.78, 5) is 14.2. The quantitative estimate of drug-likeness (QED) is 0.849. The maximum absolute atomic E-state index is 12.3. The van der Waals surface area contributed by atoms with E-state index in [4.69, 9.17) is 5.73 Å². The van der Waals surface area contributed by atoms with Crippen molar-refractivity contribution in [1.29, 1.82) is 0 Å². The molecule has 0 aromatic heterocycles. The summed E-state index contributed by atoms with van der Waals surface area (Å²) < 4.78 is 0. The Kier molecular flexibility index (Phi) is 5.16. The molecule has 1 aromatic rings. The molecular weight excluding hydrogens is 212 g/mol. The highest BCUT2D eigenvalue weighted by Gasteiger charge is 2.17. The van der Waals surface area contributed by atoms with Crippen LogP contribution in [0.4, 0.5) is 0 Å². The molecule has 0 heterocycles. The van der Waals surface area contributed by atoms with E-state index >= 15 is 0 Å². The highest BCUT2D eigenvalue weighted by Crippen LogP contribution is 2.10. The molecule has 0 radical (unpaired) electrons. The Balaban J connectivity index is 2.84. The Morgan fingerprint density at radius 1 is 1.41 bits per heavy atom. The maximum atomic E-state index is 12.3. The van der Waals surface area contributed by atoms with Crippen LogP contribution in [-0.4, -0.2) is 29.9 Å². The van der Waals surface area contributed by atoms with Gasteiger partial charge < -0.3 is 10.6 Å². The van der Waals surface area contributed by atoms with E-state index in [0.29, 0.717) is 6.54 Å². The molecule has 94 valence electrons. The van der Waals surface area contributed by atoms with Crippen LogP contribution in [0.1, 0.15) is 36.2 Å². The molecule has 1 rings (SSSR count). The second kappa shape index (κ2) is 6.40. The minimum absolute atomic E-state index is 0.0946. The Morgan fingerprint density at radius 2 is 2.12 bits per heavy atom. The smallest absolute Gasteiger partial charge is 0.254 e. The second-order valence-electron chi connectivity index (χ2n) is 4.60. The van der Waals surface area contributed by atoms with Crippen molar-refractivity contribution in [1.82, 2.24) is 4.90 Å². The summed E-state index contributed by atoms with van der Waals surface area (Å²) in [6, 6.07) is 7.92. The minimum atomic E-state index is 0.0946. The normalized spacial score (nSPS) is 10.6. The molecule has 17 heavy (non-hydrogen) atoms. The van der Waals surface area contributed by atoms with Crippen molar-refractivity contribution >= 4 is 5.91 Å². The third-order valence-electron chi connectivity index (χ3n) is 2.75. The summed E-state index contributed by atoms with van der Waals surface area (Å²) in [7, 11) is 0. The van der Waals surface area contributed by atoms with Gasteiger partial charge in [-0.1, -0.05) is 17.7 Å². The second-order valence-corrected chi connectivity index (χ2v) is 4.60. The highest BCUT2D eigenvalue weighted by atomic mass is 16.2. The van der Waals surface area contributed by atoms with E-state index in [1.807, 2.05) is 49.9 Å². The lowest BCUT2D eigenvalue weighted by molar-refractivity contribution is 0.0704. The number of carbonyl (C=O) groups is 1. The van der Waals surface area contributed by atoms with E-state index < -0.39 is 0 Å². The van der Waals surface area contributed by atoms with Crippen LogP contribution in [0.25, 0.3) is 0 Å². The van der Waals surface area contributed by atoms with E-state index in [9.17, 15) is 4.79 Å². The zero-order chi connectivity index (χ0) is 12.8. The zero-order valence-electron chi connectivity index (χ0n) is 10.9. The van der Waals surface area contributed by atoms with Crippen molar-refractivity contribution in [2.75, 3.05) is 13.1 Å². The number of nitrogens with zero attached hydrogens (tertiary/aromatic N) is 1. The average Bonchev–Trinajstić information content (AvgIpc) is 2.29. The molecule has 0 aliphatic heterocycles. The molecule has 3 heteroatoms. The van der Waals surface area contributed by atoms with Crippen LogP contribution in [0.3, 0.4) is 0 Å². The maximum Gasteiger partial charge on any atom is 0.254 e. The van der Waals surface area contributed by atoms with E-state index in [1.165, 1.54) is 0 Å². The van der Waals surface area contributed by atoms with Gasteiger partial charge in [0.25, 0.3) is 5.91 Å². The third kappa shape index (κ3) is 3.86. The first-order valence-corrected chi connectivity index (χ1v) is 6.14. The molecule has 0 saturated carbocycles. The number of amides is 1. The van der Waals surface area contributed by atoms with Crippen LogP contribution in [-0.2, 0) is 0 Å². The number of aryl methyl sites for hydroxylation is 1. The molecule has 0 aliphatic rings. The van der Waals surface area contributed by atoms with Crippen molar-refractivity contribution in [3.8, 4) is 0 Å². The summed E-state index contributed by atoms with van der Waals surface area (Å²) >= 11 is 0. The lowest BCUT2D eigenvalue weighted by atomic mass is 10.1. The van der Waals surface area contributed by atoms with Gasteiger partial charge in [0.2, 0.25) is 0 Å². The fourth-order valence-corrected chi connectivity index (χ4v) is 1.80. The van der Waals surface area contributed by atoms with Crippen molar-refractivity contribution in [2.24, 2.45) is 5.73 Å². The fourth-order valence-electron chi connectivity index (χ4n) is 1.80. The number of nitrogens with two attached hydrogens (primary N) is 1. The first-order valence-electron chi connectivity index (χ1n) is 6.14. The number of hydrogen-bond donors (Lipinski definition) is 1. The number of hydrogen-bond acceptors (Lipinski definition) is 2.